The lowest BCUT2D eigenvalue weighted by molar-refractivity contribution is 0.0949. The van der Waals surface area contributed by atoms with Crippen molar-refractivity contribution in [3.63, 3.8) is 0 Å². The van der Waals surface area contributed by atoms with E-state index in [9.17, 15) is 9.59 Å². The molecular formula is C26H31N5O2S. The summed E-state index contributed by atoms with van der Waals surface area (Å²) in [5.41, 5.74) is 3.44. The molecule has 2 heterocycles. The number of benzene rings is 2. The molecule has 34 heavy (non-hydrogen) atoms. The Bertz CT molecular complexity index is 1390. The predicted molar refractivity (Wildman–Crippen MR) is 138 cm³/mol. The molecule has 4 aromatic rings. The van der Waals surface area contributed by atoms with E-state index in [4.69, 9.17) is 0 Å². The van der Waals surface area contributed by atoms with E-state index in [1.54, 1.807) is 34.5 Å². The molecule has 0 aliphatic heterocycles. The van der Waals surface area contributed by atoms with Gasteiger partial charge in [-0.05, 0) is 42.5 Å². The fraction of sp³-hybridized carbons (Fsp3) is 0.385. The molecule has 0 aliphatic rings. The molecule has 2 aromatic heterocycles. The first kappa shape index (κ1) is 24.0. The summed E-state index contributed by atoms with van der Waals surface area (Å²) in [7, 11) is 0. The smallest absolute Gasteiger partial charge is 0.262 e. The van der Waals surface area contributed by atoms with Crippen LogP contribution in [0.15, 0.2) is 52.4 Å². The second-order valence-electron chi connectivity index (χ2n) is 9.54. The van der Waals surface area contributed by atoms with Crippen LogP contribution >= 0.6 is 11.8 Å². The van der Waals surface area contributed by atoms with Crippen molar-refractivity contribution in [3.05, 3.63) is 69.5 Å². The number of aryl methyl sites for hydroxylation is 1. The number of amides is 1. The summed E-state index contributed by atoms with van der Waals surface area (Å²) in [6, 6.07) is 13.6. The van der Waals surface area contributed by atoms with Gasteiger partial charge in [-0.3, -0.25) is 18.6 Å². The van der Waals surface area contributed by atoms with Crippen molar-refractivity contribution >= 4 is 34.3 Å². The van der Waals surface area contributed by atoms with Gasteiger partial charge in [-0.1, -0.05) is 69.3 Å². The quantitative estimate of drug-likeness (QED) is 0.373. The van der Waals surface area contributed by atoms with Gasteiger partial charge in [-0.2, -0.15) is 0 Å². The second-order valence-corrected chi connectivity index (χ2v) is 10.5. The van der Waals surface area contributed by atoms with E-state index in [1.807, 2.05) is 4.40 Å². The Hall–Kier alpha value is -3.13. The average Bonchev–Trinajstić information content (AvgIpc) is 3.23. The molecule has 8 heteroatoms. The van der Waals surface area contributed by atoms with E-state index in [2.05, 4.69) is 74.4 Å². The van der Waals surface area contributed by atoms with Gasteiger partial charge in [0, 0.05) is 24.4 Å². The summed E-state index contributed by atoms with van der Waals surface area (Å²) in [6.07, 6.45) is 0. The maximum absolute atomic E-state index is 13.4. The highest BCUT2D eigenvalue weighted by Gasteiger charge is 2.19. The summed E-state index contributed by atoms with van der Waals surface area (Å²) in [5.74, 6) is 1.68. The van der Waals surface area contributed by atoms with Crippen LogP contribution in [0.25, 0.3) is 16.7 Å². The summed E-state index contributed by atoms with van der Waals surface area (Å²) < 4.78 is 3.60. The number of thioether (sulfide) groups is 1. The molecule has 1 N–H and O–H groups in total. The molecule has 4 rings (SSSR count). The van der Waals surface area contributed by atoms with Crippen molar-refractivity contribution in [3.8, 4) is 0 Å². The zero-order chi connectivity index (χ0) is 24.4. The van der Waals surface area contributed by atoms with Crippen LogP contribution in [0.4, 0.5) is 0 Å². The topological polar surface area (TPSA) is 81.3 Å². The third-order valence-electron chi connectivity index (χ3n) is 5.54. The van der Waals surface area contributed by atoms with E-state index < -0.39 is 0 Å². The molecule has 0 atom stereocenters. The monoisotopic (exact) mass is 477 g/mol. The lowest BCUT2D eigenvalue weighted by Gasteiger charge is -2.14. The fourth-order valence-electron chi connectivity index (χ4n) is 3.78. The maximum atomic E-state index is 13.4. The zero-order valence-electron chi connectivity index (χ0n) is 20.3. The average molecular weight is 478 g/mol. The molecule has 178 valence electrons. The molecule has 0 spiro atoms. The second kappa shape index (κ2) is 10.0. The van der Waals surface area contributed by atoms with Crippen molar-refractivity contribution < 1.29 is 4.79 Å². The van der Waals surface area contributed by atoms with Crippen LogP contribution < -0.4 is 10.9 Å². The van der Waals surface area contributed by atoms with Gasteiger partial charge in [0.2, 0.25) is 5.78 Å². The number of aromatic nitrogens is 4. The Morgan fingerprint density at radius 2 is 1.76 bits per heavy atom. The van der Waals surface area contributed by atoms with E-state index >= 15 is 0 Å². The largest absolute Gasteiger partial charge is 0.352 e. The first-order chi connectivity index (χ1) is 16.2. The number of carbonyl (C=O) groups is 1. The first-order valence-corrected chi connectivity index (χ1v) is 12.6. The van der Waals surface area contributed by atoms with Gasteiger partial charge in [0.1, 0.15) is 0 Å². The molecule has 0 bridgehead atoms. The highest BCUT2D eigenvalue weighted by molar-refractivity contribution is 7.98. The molecule has 0 aliphatic carbocycles. The Kier molecular flexibility index (Phi) is 7.07. The van der Waals surface area contributed by atoms with Gasteiger partial charge >= 0.3 is 0 Å². The van der Waals surface area contributed by atoms with Crippen LogP contribution in [0.1, 0.15) is 49.2 Å². The van der Waals surface area contributed by atoms with Crippen molar-refractivity contribution in [2.75, 3.05) is 6.54 Å². The van der Waals surface area contributed by atoms with Crippen molar-refractivity contribution in [1.29, 1.82) is 0 Å². The summed E-state index contributed by atoms with van der Waals surface area (Å²) in [4.78, 5) is 26.1. The molecule has 0 saturated carbocycles. The minimum atomic E-state index is -0.156. The highest BCUT2D eigenvalue weighted by Crippen LogP contribution is 2.26. The van der Waals surface area contributed by atoms with Gasteiger partial charge in [0.05, 0.1) is 10.9 Å². The van der Waals surface area contributed by atoms with Crippen LogP contribution in [0.3, 0.4) is 0 Å². The lowest BCUT2D eigenvalue weighted by Crippen LogP contribution is -2.28. The minimum Gasteiger partial charge on any atom is -0.352 e. The van der Waals surface area contributed by atoms with Crippen LogP contribution in [-0.4, -0.2) is 31.6 Å². The fourth-order valence-corrected chi connectivity index (χ4v) is 4.67. The maximum Gasteiger partial charge on any atom is 0.262 e. The van der Waals surface area contributed by atoms with Crippen LogP contribution in [0.5, 0.6) is 0 Å². The molecule has 0 unspecified atom stereocenters. The highest BCUT2D eigenvalue weighted by atomic mass is 32.2. The minimum absolute atomic E-state index is 0.118. The normalized spacial score (nSPS) is 11.7. The van der Waals surface area contributed by atoms with Crippen molar-refractivity contribution in [2.45, 2.75) is 52.1 Å². The van der Waals surface area contributed by atoms with Gasteiger partial charge in [0.25, 0.3) is 11.5 Å². The number of rotatable bonds is 8. The third-order valence-corrected chi connectivity index (χ3v) is 6.54. The van der Waals surface area contributed by atoms with E-state index in [-0.39, 0.29) is 17.4 Å². The molecule has 0 saturated heterocycles. The molecular weight excluding hydrogens is 446 g/mol. The standard InChI is InChI=1S/C26H31N5O2S/c1-16(2)13-27-23(32)20-10-11-21-22(12-20)31-25(30(24(21)33)14-17(3)4)28-29-26(31)34-15-19-8-6-18(5)7-9-19/h6-12,16-17H,13-15H2,1-5H3,(H,27,32). The van der Waals surface area contributed by atoms with Gasteiger partial charge in [0.15, 0.2) is 5.16 Å². The van der Waals surface area contributed by atoms with Crippen molar-refractivity contribution in [1.82, 2.24) is 24.5 Å². The van der Waals surface area contributed by atoms with E-state index in [0.717, 1.165) is 5.75 Å². The number of hydrogen-bond donors (Lipinski definition) is 1. The molecule has 7 nitrogen and oxygen atoms in total. The first-order valence-electron chi connectivity index (χ1n) is 11.6. The summed E-state index contributed by atoms with van der Waals surface area (Å²) in [5, 5.41) is 13.0. The van der Waals surface area contributed by atoms with E-state index in [1.165, 1.54) is 11.1 Å². The Morgan fingerprint density at radius 1 is 1.03 bits per heavy atom. The third kappa shape index (κ3) is 5.01. The Labute approximate surface area is 203 Å². The Balaban J connectivity index is 1.83. The Morgan fingerprint density at radius 3 is 2.44 bits per heavy atom. The zero-order valence-corrected chi connectivity index (χ0v) is 21.1. The molecule has 2 aromatic carbocycles. The number of nitrogens with zero attached hydrogens (tertiary/aromatic N) is 4. The predicted octanol–water partition coefficient (Wildman–Crippen LogP) is 4.69. The van der Waals surface area contributed by atoms with Gasteiger partial charge < -0.3 is 5.32 Å². The number of fused-ring (bicyclic) bond motifs is 3. The van der Waals surface area contributed by atoms with Crippen molar-refractivity contribution in [2.24, 2.45) is 11.8 Å². The summed E-state index contributed by atoms with van der Waals surface area (Å²) in [6.45, 7) is 11.4. The SMILES string of the molecule is Cc1ccc(CSc2nnc3n(CC(C)C)c(=O)c4ccc(C(=O)NCC(C)C)cc4n23)cc1. The van der Waals surface area contributed by atoms with Crippen LogP contribution in [0, 0.1) is 18.8 Å². The number of nitrogens with one attached hydrogen (secondary N) is 1. The number of carbonyl (C=O) groups excluding carboxylic acids is 1. The van der Waals surface area contributed by atoms with E-state index in [0.29, 0.717) is 46.4 Å². The van der Waals surface area contributed by atoms with Crippen LogP contribution in [0.2, 0.25) is 0 Å². The van der Waals surface area contributed by atoms with Gasteiger partial charge in [-0.25, -0.2) is 0 Å². The number of hydrogen-bond acceptors (Lipinski definition) is 5. The molecule has 1 amide bonds. The molecule has 0 fully saturated rings. The lowest BCUT2D eigenvalue weighted by atomic mass is 10.1. The summed E-state index contributed by atoms with van der Waals surface area (Å²) >= 11 is 1.57. The van der Waals surface area contributed by atoms with Crippen LogP contribution in [-0.2, 0) is 12.3 Å². The molecule has 0 radical (unpaired) electrons. The van der Waals surface area contributed by atoms with Gasteiger partial charge in [-0.15, -0.1) is 10.2 Å².